The van der Waals surface area contributed by atoms with Gasteiger partial charge in [0, 0.05) is 28.4 Å². The molecule has 0 spiro atoms. The van der Waals surface area contributed by atoms with E-state index in [1.165, 1.54) is 29.0 Å². The highest BCUT2D eigenvalue weighted by Gasteiger charge is 2.40. The van der Waals surface area contributed by atoms with Gasteiger partial charge in [-0.15, -0.1) is 11.3 Å². The molecule has 0 radical (unpaired) electrons. The summed E-state index contributed by atoms with van der Waals surface area (Å²) >= 11 is 1.78. The molecule has 0 bridgehead atoms. The van der Waals surface area contributed by atoms with Gasteiger partial charge in [0.25, 0.3) is 0 Å². The van der Waals surface area contributed by atoms with Crippen molar-refractivity contribution < 1.29 is 8.42 Å². The van der Waals surface area contributed by atoms with Gasteiger partial charge in [-0.3, -0.25) is 4.90 Å². The highest BCUT2D eigenvalue weighted by molar-refractivity contribution is 7.91. The number of hydrogen-bond donors (Lipinski definition) is 1. The Bertz CT molecular complexity index is 576. The summed E-state index contributed by atoms with van der Waals surface area (Å²) in [5, 5.41) is 3.50. The molecule has 2 aliphatic heterocycles. The van der Waals surface area contributed by atoms with Crippen LogP contribution in [0, 0.1) is 6.92 Å². The zero-order valence-corrected chi connectivity index (χ0v) is 14.2. The third kappa shape index (κ3) is 3.86. The van der Waals surface area contributed by atoms with Gasteiger partial charge in [-0.25, -0.2) is 8.42 Å². The number of piperidine rings is 1. The molecule has 2 saturated heterocycles. The molecule has 2 unspecified atom stereocenters. The van der Waals surface area contributed by atoms with E-state index < -0.39 is 9.84 Å². The van der Waals surface area contributed by atoms with Gasteiger partial charge in [-0.05, 0) is 45.0 Å². The summed E-state index contributed by atoms with van der Waals surface area (Å²) < 4.78 is 24.1. The van der Waals surface area contributed by atoms with Crippen LogP contribution in [0.25, 0.3) is 0 Å². The minimum atomic E-state index is -2.89. The van der Waals surface area contributed by atoms with E-state index in [-0.39, 0.29) is 12.1 Å². The molecular weight excluding hydrogens is 304 g/mol. The quantitative estimate of drug-likeness (QED) is 0.916. The average Bonchev–Trinajstić information content (AvgIpc) is 3.00. The molecule has 1 N–H and O–H groups in total. The second-order valence-electron chi connectivity index (χ2n) is 6.24. The van der Waals surface area contributed by atoms with E-state index in [4.69, 9.17) is 0 Å². The number of nitrogens with one attached hydrogen (secondary N) is 1. The normalized spacial score (nSPS) is 29.8. The van der Waals surface area contributed by atoms with Crippen molar-refractivity contribution in [2.75, 3.05) is 24.6 Å². The predicted molar refractivity (Wildman–Crippen MR) is 87.5 cm³/mol. The predicted octanol–water partition coefficient (Wildman–Crippen LogP) is 1.80. The van der Waals surface area contributed by atoms with Gasteiger partial charge >= 0.3 is 0 Å². The number of sulfone groups is 1. The van der Waals surface area contributed by atoms with E-state index in [1.807, 2.05) is 0 Å². The van der Waals surface area contributed by atoms with Crippen LogP contribution in [0.4, 0.5) is 0 Å². The first-order chi connectivity index (χ1) is 10.0. The van der Waals surface area contributed by atoms with E-state index in [0.717, 1.165) is 19.6 Å². The molecule has 1 aromatic rings. The third-order valence-electron chi connectivity index (χ3n) is 4.52. The molecule has 6 heteroatoms. The molecule has 3 rings (SSSR count). The van der Waals surface area contributed by atoms with Crippen LogP contribution in [0.5, 0.6) is 0 Å². The Morgan fingerprint density at radius 2 is 2.00 bits per heavy atom. The van der Waals surface area contributed by atoms with Crippen LogP contribution in [0.2, 0.25) is 0 Å². The molecule has 2 aliphatic rings. The zero-order chi connectivity index (χ0) is 14.9. The van der Waals surface area contributed by atoms with Gasteiger partial charge in [0.05, 0.1) is 11.5 Å². The Morgan fingerprint density at radius 1 is 1.24 bits per heavy atom. The first-order valence-electron chi connectivity index (χ1n) is 7.77. The summed E-state index contributed by atoms with van der Waals surface area (Å²) in [6, 6.07) is 4.49. The van der Waals surface area contributed by atoms with Crippen molar-refractivity contribution in [1.82, 2.24) is 10.2 Å². The van der Waals surface area contributed by atoms with Crippen LogP contribution < -0.4 is 5.32 Å². The van der Waals surface area contributed by atoms with Crippen LogP contribution in [0.15, 0.2) is 12.1 Å². The van der Waals surface area contributed by atoms with Crippen molar-refractivity contribution in [3.05, 3.63) is 21.9 Å². The van der Waals surface area contributed by atoms with Gasteiger partial charge in [0.15, 0.2) is 9.84 Å². The smallest absolute Gasteiger partial charge is 0.153 e. The Balaban J connectivity index is 1.65. The van der Waals surface area contributed by atoms with Crippen molar-refractivity contribution in [2.45, 2.75) is 44.8 Å². The molecule has 1 aromatic heterocycles. The molecule has 0 aromatic carbocycles. The molecule has 21 heavy (non-hydrogen) atoms. The van der Waals surface area contributed by atoms with Gasteiger partial charge < -0.3 is 5.32 Å². The highest BCUT2D eigenvalue weighted by atomic mass is 32.2. The number of hydrogen-bond acceptors (Lipinski definition) is 5. The van der Waals surface area contributed by atoms with Crippen molar-refractivity contribution >= 4 is 21.2 Å². The maximum atomic E-state index is 12.0. The van der Waals surface area contributed by atoms with Gasteiger partial charge in [0.1, 0.15) is 0 Å². The van der Waals surface area contributed by atoms with Crippen LogP contribution in [0.1, 0.15) is 29.0 Å². The molecule has 4 nitrogen and oxygen atoms in total. The van der Waals surface area contributed by atoms with Crippen molar-refractivity contribution in [3.8, 4) is 0 Å². The molecule has 0 amide bonds. The monoisotopic (exact) mass is 328 g/mol. The minimum Gasteiger partial charge on any atom is -0.306 e. The summed E-state index contributed by atoms with van der Waals surface area (Å²) in [5.74, 6) is 0.618. The number of likely N-dealkylation sites (tertiary alicyclic amines) is 1. The summed E-state index contributed by atoms with van der Waals surface area (Å²) in [7, 11) is -2.89. The Kier molecular flexibility index (Phi) is 4.69. The van der Waals surface area contributed by atoms with Crippen LogP contribution in [0.3, 0.4) is 0 Å². The first kappa shape index (κ1) is 15.5. The number of nitrogens with zero attached hydrogens (tertiary/aromatic N) is 1. The summed E-state index contributed by atoms with van der Waals surface area (Å²) in [6.45, 7) is 4.99. The molecule has 0 aliphatic carbocycles. The third-order valence-corrected chi connectivity index (χ3v) is 7.23. The second-order valence-corrected chi connectivity index (χ2v) is 9.77. The SMILES string of the molecule is Cc1ccc(CNC2CS(=O)(=O)CC2N2CCCCC2)s1. The van der Waals surface area contributed by atoms with Gasteiger partial charge in [-0.1, -0.05) is 6.42 Å². The highest BCUT2D eigenvalue weighted by Crippen LogP contribution is 2.23. The van der Waals surface area contributed by atoms with E-state index in [9.17, 15) is 8.42 Å². The molecule has 3 heterocycles. The fourth-order valence-corrected chi connectivity index (χ4v) is 6.27. The van der Waals surface area contributed by atoms with Gasteiger partial charge in [-0.2, -0.15) is 0 Å². The lowest BCUT2D eigenvalue weighted by atomic mass is 10.0. The lowest BCUT2D eigenvalue weighted by Crippen LogP contribution is -2.50. The number of rotatable bonds is 4. The van der Waals surface area contributed by atoms with E-state index in [0.29, 0.717) is 11.5 Å². The molecule has 0 saturated carbocycles. The number of aryl methyl sites for hydroxylation is 1. The fraction of sp³-hybridized carbons (Fsp3) is 0.733. The maximum absolute atomic E-state index is 12.0. The van der Waals surface area contributed by atoms with Crippen LogP contribution in [-0.2, 0) is 16.4 Å². The lowest BCUT2D eigenvalue weighted by Gasteiger charge is -2.35. The maximum Gasteiger partial charge on any atom is 0.153 e. The van der Waals surface area contributed by atoms with Crippen LogP contribution in [-0.4, -0.2) is 50.0 Å². The van der Waals surface area contributed by atoms with Crippen molar-refractivity contribution in [3.63, 3.8) is 0 Å². The summed E-state index contributed by atoms with van der Waals surface area (Å²) in [4.78, 5) is 4.98. The topological polar surface area (TPSA) is 49.4 Å². The largest absolute Gasteiger partial charge is 0.306 e. The average molecular weight is 329 g/mol. The van der Waals surface area contributed by atoms with E-state index in [1.54, 1.807) is 11.3 Å². The zero-order valence-electron chi connectivity index (χ0n) is 12.5. The molecule has 118 valence electrons. The van der Waals surface area contributed by atoms with E-state index in [2.05, 4.69) is 29.3 Å². The fourth-order valence-electron chi connectivity index (χ4n) is 3.45. The Labute approximate surface area is 131 Å². The Hall–Kier alpha value is -0.430. The van der Waals surface area contributed by atoms with Crippen LogP contribution >= 0.6 is 11.3 Å². The van der Waals surface area contributed by atoms with Crippen molar-refractivity contribution in [1.29, 1.82) is 0 Å². The second kappa shape index (κ2) is 6.36. The Morgan fingerprint density at radius 3 is 2.67 bits per heavy atom. The van der Waals surface area contributed by atoms with Crippen molar-refractivity contribution in [2.24, 2.45) is 0 Å². The van der Waals surface area contributed by atoms with E-state index >= 15 is 0 Å². The standard InChI is InChI=1S/C15H24N2O2S2/c1-12-5-6-13(20-12)9-16-14-10-21(18,19)11-15(14)17-7-3-2-4-8-17/h5-6,14-16H,2-4,7-11H2,1H3. The number of thiophene rings is 1. The molecular formula is C15H24N2O2S2. The minimum absolute atomic E-state index is 0.0792. The molecule has 2 fully saturated rings. The summed E-state index contributed by atoms with van der Waals surface area (Å²) in [6.07, 6.45) is 3.68. The molecule has 2 atom stereocenters. The first-order valence-corrected chi connectivity index (χ1v) is 10.4. The summed E-state index contributed by atoms with van der Waals surface area (Å²) in [5.41, 5.74) is 0. The lowest BCUT2D eigenvalue weighted by molar-refractivity contribution is 0.155. The van der Waals surface area contributed by atoms with Gasteiger partial charge in [0.2, 0.25) is 0 Å².